The molecule has 4 aliphatic rings. The first-order chi connectivity index (χ1) is 18.8. The number of guanidine groups is 1. The highest BCUT2D eigenvalue weighted by Gasteiger charge is 2.65. The quantitative estimate of drug-likeness (QED) is 0.119. The zero-order chi connectivity index (χ0) is 29.4. The Hall–Kier alpha value is -1.91. The van der Waals surface area contributed by atoms with Crippen LogP contribution in [0.15, 0.2) is 4.99 Å². The first-order valence-corrected chi connectivity index (χ1v) is 15.4. The van der Waals surface area contributed by atoms with Crippen molar-refractivity contribution >= 4 is 17.8 Å². The van der Waals surface area contributed by atoms with Crippen molar-refractivity contribution in [1.82, 2.24) is 5.32 Å². The van der Waals surface area contributed by atoms with Crippen molar-refractivity contribution in [2.75, 3.05) is 6.54 Å². The van der Waals surface area contributed by atoms with Crippen LogP contribution in [0.1, 0.15) is 91.4 Å². The molecule has 1 amide bonds. The number of aliphatic carboxylic acids is 1. The number of aliphatic imine (C=N–C) groups is 1. The van der Waals surface area contributed by atoms with Crippen LogP contribution in [0.3, 0.4) is 0 Å². The molecule has 10 nitrogen and oxygen atoms in total. The summed E-state index contributed by atoms with van der Waals surface area (Å²) >= 11 is 0. The fourth-order valence-electron chi connectivity index (χ4n) is 9.80. The number of nitrogens with one attached hydrogen (secondary N) is 1. The van der Waals surface area contributed by atoms with Gasteiger partial charge in [-0.15, -0.1) is 0 Å². The lowest BCUT2D eigenvalue weighted by atomic mass is 9.43. The maximum Gasteiger partial charge on any atom is 0.326 e. The van der Waals surface area contributed by atoms with E-state index in [0.717, 1.165) is 38.5 Å². The molecule has 0 heterocycles. The van der Waals surface area contributed by atoms with E-state index in [1.54, 1.807) is 0 Å². The number of nitrogens with zero attached hydrogens (tertiary/aromatic N) is 1. The van der Waals surface area contributed by atoms with Gasteiger partial charge in [-0.1, -0.05) is 20.8 Å². The smallest absolute Gasteiger partial charge is 0.326 e. The van der Waals surface area contributed by atoms with E-state index in [4.69, 9.17) is 11.5 Å². The highest BCUT2D eigenvalue weighted by Crippen LogP contribution is 2.68. The lowest BCUT2D eigenvalue weighted by Gasteiger charge is -2.63. The third-order valence-corrected chi connectivity index (χ3v) is 11.9. The van der Waals surface area contributed by atoms with E-state index in [9.17, 15) is 30.0 Å². The average molecular weight is 565 g/mol. The largest absolute Gasteiger partial charge is 0.480 e. The zero-order valence-electron chi connectivity index (χ0n) is 24.5. The Kier molecular flexibility index (Phi) is 9.42. The first-order valence-electron chi connectivity index (χ1n) is 15.4. The van der Waals surface area contributed by atoms with Gasteiger partial charge in [0.25, 0.3) is 0 Å². The summed E-state index contributed by atoms with van der Waals surface area (Å²) in [6.07, 6.45) is 6.08. The molecule has 0 spiro atoms. The van der Waals surface area contributed by atoms with Crippen LogP contribution in [0.5, 0.6) is 0 Å². The number of hydrogen-bond donors (Lipinski definition) is 7. The van der Waals surface area contributed by atoms with Crippen LogP contribution in [0.4, 0.5) is 0 Å². The SMILES string of the molecule is CC(CCC(=O)NC(CCCN=C(N)N)C(=O)O)C1CCC2C3C(O)C(O)C4CC(O)CCC4(C)C3CCC12C. The Balaban J connectivity index is 1.37. The van der Waals surface area contributed by atoms with Gasteiger partial charge in [-0.05, 0) is 111 Å². The van der Waals surface area contributed by atoms with E-state index in [2.05, 4.69) is 31.1 Å². The van der Waals surface area contributed by atoms with Crippen molar-refractivity contribution in [3.05, 3.63) is 0 Å². The van der Waals surface area contributed by atoms with Gasteiger partial charge >= 0.3 is 5.97 Å². The molecule has 4 saturated carbocycles. The van der Waals surface area contributed by atoms with Crippen LogP contribution in [-0.2, 0) is 9.59 Å². The number of hydrogen-bond acceptors (Lipinski definition) is 6. The second-order valence-electron chi connectivity index (χ2n) is 14.0. The predicted octanol–water partition coefficient (Wildman–Crippen LogP) is 1.99. The molecule has 228 valence electrons. The zero-order valence-corrected chi connectivity index (χ0v) is 24.5. The molecule has 9 N–H and O–H groups in total. The normalized spacial score (nSPS) is 42.0. The minimum atomic E-state index is -1.06. The monoisotopic (exact) mass is 564 g/mol. The molecule has 10 heteroatoms. The number of rotatable bonds is 10. The summed E-state index contributed by atoms with van der Waals surface area (Å²) in [5.41, 5.74) is 10.6. The third-order valence-electron chi connectivity index (χ3n) is 11.9. The lowest BCUT2D eigenvalue weighted by molar-refractivity contribution is -0.223. The molecule has 0 aliphatic heterocycles. The summed E-state index contributed by atoms with van der Waals surface area (Å²) in [6, 6.07) is -0.967. The molecule has 4 fully saturated rings. The van der Waals surface area contributed by atoms with Crippen molar-refractivity contribution < 1.29 is 30.0 Å². The second-order valence-corrected chi connectivity index (χ2v) is 14.0. The van der Waals surface area contributed by atoms with E-state index in [0.29, 0.717) is 43.6 Å². The molecule has 40 heavy (non-hydrogen) atoms. The topological polar surface area (TPSA) is 191 Å². The van der Waals surface area contributed by atoms with Gasteiger partial charge in [0, 0.05) is 13.0 Å². The van der Waals surface area contributed by atoms with E-state index in [-0.39, 0.29) is 53.3 Å². The summed E-state index contributed by atoms with van der Waals surface area (Å²) < 4.78 is 0. The Morgan fingerprint density at radius 3 is 2.30 bits per heavy atom. The third kappa shape index (κ3) is 5.86. The highest BCUT2D eigenvalue weighted by molar-refractivity contribution is 5.83. The van der Waals surface area contributed by atoms with Gasteiger partial charge in [0.15, 0.2) is 5.96 Å². The number of nitrogens with two attached hydrogens (primary N) is 2. The van der Waals surface area contributed by atoms with Gasteiger partial charge in [-0.3, -0.25) is 9.79 Å². The molecule has 4 rings (SSSR count). The summed E-state index contributed by atoms with van der Waals surface area (Å²) in [5.74, 6) is -0.00854. The van der Waals surface area contributed by atoms with Crippen LogP contribution in [-0.4, -0.2) is 69.2 Å². The predicted molar refractivity (Wildman–Crippen MR) is 152 cm³/mol. The number of aliphatic hydroxyl groups excluding tert-OH is 3. The van der Waals surface area contributed by atoms with E-state index >= 15 is 0 Å². The van der Waals surface area contributed by atoms with Gasteiger partial charge in [-0.25, -0.2) is 4.79 Å². The van der Waals surface area contributed by atoms with Gasteiger partial charge in [-0.2, -0.15) is 0 Å². The van der Waals surface area contributed by atoms with Gasteiger partial charge in [0.2, 0.25) is 5.91 Å². The maximum atomic E-state index is 12.7. The fraction of sp³-hybridized carbons (Fsp3) is 0.900. The number of carbonyl (C=O) groups excluding carboxylic acids is 1. The Morgan fingerprint density at radius 2 is 1.62 bits per heavy atom. The number of carboxylic acid groups (broad SMARTS) is 1. The molecule has 0 bridgehead atoms. The van der Waals surface area contributed by atoms with Crippen molar-refractivity contribution in [1.29, 1.82) is 0 Å². The van der Waals surface area contributed by atoms with E-state index in [1.807, 2.05) is 0 Å². The van der Waals surface area contributed by atoms with Gasteiger partial charge < -0.3 is 37.2 Å². The molecule has 0 saturated heterocycles. The molecule has 12 atom stereocenters. The Bertz CT molecular complexity index is 958. The summed E-state index contributed by atoms with van der Waals surface area (Å²) in [5, 5.41) is 45.2. The molecule has 0 aromatic heterocycles. The van der Waals surface area contributed by atoms with Gasteiger partial charge in [0.05, 0.1) is 18.3 Å². The van der Waals surface area contributed by atoms with E-state index in [1.165, 1.54) is 0 Å². The van der Waals surface area contributed by atoms with Crippen LogP contribution >= 0.6 is 0 Å². The molecule has 0 radical (unpaired) electrons. The number of aliphatic hydroxyl groups is 3. The second kappa shape index (κ2) is 12.1. The molecule has 4 aliphatic carbocycles. The molecular formula is C30H52N4O6. The standard InChI is InChI=1S/C30H52N4O6/c1-16(6-9-23(36)34-22(27(39)40)5-4-14-33-28(31)32)18-7-8-19-24-20(11-13-29(18,19)2)30(3)12-10-17(35)15-21(30)25(37)26(24)38/h16-22,24-26,35,37-38H,4-15H2,1-3H3,(H,34,36)(H,39,40)(H4,31,32,33). The fourth-order valence-corrected chi connectivity index (χ4v) is 9.80. The molecular weight excluding hydrogens is 512 g/mol. The van der Waals surface area contributed by atoms with Crippen LogP contribution in [0, 0.1) is 46.3 Å². The van der Waals surface area contributed by atoms with Crippen molar-refractivity contribution in [3.8, 4) is 0 Å². The summed E-state index contributed by atoms with van der Waals surface area (Å²) in [6.45, 7) is 7.17. The Morgan fingerprint density at radius 1 is 0.950 bits per heavy atom. The number of fused-ring (bicyclic) bond motifs is 5. The minimum absolute atomic E-state index is 0.0318. The molecule has 0 aromatic carbocycles. The van der Waals surface area contributed by atoms with Crippen LogP contribution in [0.25, 0.3) is 0 Å². The average Bonchev–Trinajstić information content (AvgIpc) is 3.25. The van der Waals surface area contributed by atoms with Crippen molar-refractivity contribution in [2.24, 2.45) is 62.8 Å². The van der Waals surface area contributed by atoms with Crippen molar-refractivity contribution in [2.45, 2.75) is 116 Å². The molecule has 12 unspecified atom stereocenters. The first kappa shape index (κ1) is 31.0. The van der Waals surface area contributed by atoms with E-state index < -0.39 is 30.3 Å². The highest BCUT2D eigenvalue weighted by atomic mass is 16.4. The summed E-state index contributed by atoms with van der Waals surface area (Å²) in [7, 11) is 0. The summed E-state index contributed by atoms with van der Waals surface area (Å²) in [4.78, 5) is 28.2. The van der Waals surface area contributed by atoms with Crippen molar-refractivity contribution in [3.63, 3.8) is 0 Å². The number of carbonyl (C=O) groups is 2. The number of carboxylic acids is 1. The lowest BCUT2D eigenvalue weighted by Crippen LogP contribution is -2.64. The Labute approximate surface area is 238 Å². The van der Waals surface area contributed by atoms with Crippen LogP contribution in [0.2, 0.25) is 0 Å². The van der Waals surface area contributed by atoms with Gasteiger partial charge in [0.1, 0.15) is 6.04 Å². The molecule has 0 aromatic rings. The van der Waals surface area contributed by atoms with Crippen LogP contribution < -0.4 is 16.8 Å². The maximum absolute atomic E-state index is 12.7. The number of amides is 1. The minimum Gasteiger partial charge on any atom is -0.480 e.